The highest BCUT2D eigenvalue weighted by atomic mass is 16.2. The first-order chi connectivity index (χ1) is 11.5. The van der Waals surface area contributed by atoms with Crippen molar-refractivity contribution in [2.75, 3.05) is 18.4 Å². The van der Waals surface area contributed by atoms with E-state index >= 15 is 0 Å². The lowest BCUT2D eigenvalue weighted by Crippen LogP contribution is -2.43. The number of nitrogens with zero attached hydrogens (tertiary/aromatic N) is 1. The van der Waals surface area contributed by atoms with Crippen LogP contribution in [0, 0.1) is 11.8 Å². The summed E-state index contributed by atoms with van der Waals surface area (Å²) in [4.78, 5) is 26.7. The van der Waals surface area contributed by atoms with Crippen molar-refractivity contribution in [1.82, 2.24) is 4.90 Å². The second-order valence-electron chi connectivity index (χ2n) is 6.90. The van der Waals surface area contributed by atoms with Crippen molar-refractivity contribution in [3.63, 3.8) is 0 Å². The third-order valence-corrected chi connectivity index (χ3v) is 4.92. The minimum atomic E-state index is -0.00386. The zero-order valence-corrected chi connectivity index (χ0v) is 15.4. The number of aryl methyl sites for hydroxylation is 2. The first-order valence-electron chi connectivity index (χ1n) is 9.18. The summed E-state index contributed by atoms with van der Waals surface area (Å²) < 4.78 is 0. The average molecular weight is 330 g/mol. The third kappa shape index (κ3) is 4.16. The van der Waals surface area contributed by atoms with Crippen LogP contribution in [0.5, 0.6) is 0 Å². The number of piperidine rings is 1. The third-order valence-electron chi connectivity index (χ3n) is 4.92. The smallest absolute Gasteiger partial charge is 0.227 e. The SMILES string of the molecule is CCc1cccc(CC)c1NC(=O)C1CCN(C(=O)C(C)C)CC1. The predicted octanol–water partition coefficient (Wildman–Crippen LogP) is 3.64. The molecule has 1 fully saturated rings. The number of benzene rings is 1. The van der Waals surface area contributed by atoms with Gasteiger partial charge >= 0.3 is 0 Å². The second kappa shape index (κ2) is 8.32. The normalized spacial score (nSPS) is 15.6. The molecule has 1 aliphatic rings. The lowest BCUT2D eigenvalue weighted by Gasteiger charge is -2.32. The minimum absolute atomic E-state index is 0.00386. The first-order valence-corrected chi connectivity index (χ1v) is 9.18. The van der Waals surface area contributed by atoms with Crippen molar-refractivity contribution in [1.29, 1.82) is 0 Å². The molecule has 4 heteroatoms. The Morgan fingerprint density at radius 1 is 1.12 bits per heavy atom. The van der Waals surface area contributed by atoms with Gasteiger partial charge in [-0.25, -0.2) is 0 Å². The lowest BCUT2D eigenvalue weighted by molar-refractivity contribution is -0.137. The highest BCUT2D eigenvalue weighted by Crippen LogP contribution is 2.26. The molecule has 0 aromatic heterocycles. The van der Waals surface area contributed by atoms with Crippen LogP contribution in [0.2, 0.25) is 0 Å². The number of hydrogen-bond acceptors (Lipinski definition) is 2. The summed E-state index contributed by atoms with van der Waals surface area (Å²) in [6, 6.07) is 6.22. The molecular formula is C20H30N2O2. The molecule has 0 radical (unpaired) electrons. The fourth-order valence-corrected chi connectivity index (χ4v) is 3.36. The Bertz CT molecular complexity index is 565. The van der Waals surface area contributed by atoms with E-state index in [9.17, 15) is 9.59 Å². The van der Waals surface area contributed by atoms with Crippen molar-refractivity contribution in [2.45, 2.75) is 53.4 Å². The van der Waals surface area contributed by atoms with E-state index in [1.165, 1.54) is 11.1 Å². The van der Waals surface area contributed by atoms with Gasteiger partial charge in [0, 0.05) is 30.6 Å². The number of amides is 2. The van der Waals surface area contributed by atoms with Gasteiger partial charge in [-0.1, -0.05) is 45.9 Å². The van der Waals surface area contributed by atoms with E-state index in [0.717, 1.165) is 31.4 Å². The van der Waals surface area contributed by atoms with Gasteiger partial charge in [-0.3, -0.25) is 9.59 Å². The molecule has 0 saturated carbocycles. The molecule has 132 valence electrons. The van der Waals surface area contributed by atoms with Crippen molar-refractivity contribution < 1.29 is 9.59 Å². The topological polar surface area (TPSA) is 49.4 Å². The van der Waals surface area contributed by atoms with Gasteiger partial charge in [0.25, 0.3) is 0 Å². The summed E-state index contributed by atoms with van der Waals surface area (Å²) in [7, 11) is 0. The molecule has 1 heterocycles. The monoisotopic (exact) mass is 330 g/mol. The highest BCUT2D eigenvalue weighted by Gasteiger charge is 2.28. The fraction of sp³-hybridized carbons (Fsp3) is 0.600. The van der Waals surface area contributed by atoms with E-state index in [1.807, 2.05) is 18.7 Å². The van der Waals surface area contributed by atoms with Crippen LogP contribution in [0.25, 0.3) is 0 Å². The number of hydrogen-bond donors (Lipinski definition) is 1. The van der Waals surface area contributed by atoms with E-state index < -0.39 is 0 Å². The molecule has 4 nitrogen and oxygen atoms in total. The molecule has 1 aromatic carbocycles. The Morgan fingerprint density at radius 2 is 1.67 bits per heavy atom. The van der Waals surface area contributed by atoms with Gasteiger partial charge < -0.3 is 10.2 Å². The van der Waals surface area contributed by atoms with Crippen molar-refractivity contribution in [3.05, 3.63) is 29.3 Å². The Balaban J connectivity index is 2.01. The molecule has 0 aliphatic carbocycles. The molecule has 2 rings (SSSR count). The van der Waals surface area contributed by atoms with Crippen molar-refractivity contribution >= 4 is 17.5 Å². The Hall–Kier alpha value is -1.84. The maximum absolute atomic E-state index is 12.7. The van der Waals surface area contributed by atoms with Crippen LogP contribution >= 0.6 is 0 Å². The number of rotatable bonds is 5. The lowest BCUT2D eigenvalue weighted by atomic mass is 9.94. The molecule has 24 heavy (non-hydrogen) atoms. The van der Waals surface area contributed by atoms with Gasteiger partial charge in [0.15, 0.2) is 0 Å². The van der Waals surface area contributed by atoms with E-state index in [2.05, 4.69) is 37.4 Å². The number of nitrogens with one attached hydrogen (secondary N) is 1. The fourth-order valence-electron chi connectivity index (χ4n) is 3.36. The van der Waals surface area contributed by atoms with Crippen LogP contribution < -0.4 is 5.32 Å². The second-order valence-corrected chi connectivity index (χ2v) is 6.90. The van der Waals surface area contributed by atoms with Gasteiger partial charge in [0.05, 0.1) is 0 Å². The maximum Gasteiger partial charge on any atom is 0.227 e. The summed E-state index contributed by atoms with van der Waals surface area (Å²) in [6.45, 7) is 9.45. The molecule has 0 spiro atoms. The highest BCUT2D eigenvalue weighted by molar-refractivity contribution is 5.94. The first kappa shape index (κ1) is 18.5. The Kier molecular flexibility index (Phi) is 6.41. The van der Waals surface area contributed by atoms with E-state index in [0.29, 0.717) is 13.1 Å². The summed E-state index contributed by atoms with van der Waals surface area (Å²) in [5.74, 6) is 0.315. The molecule has 0 bridgehead atoms. The number of carbonyl (C=O) groups is 2. The van der Waals surface area contributed by atoms with Crippen LogP contribution in [0.15, 0.2) is 18.2 Å². The molecule has 1 aliphatic heterocycles. The number of para-hydroxylation sites is 1. The number of likely N-dealkylation sites (tertiary alicyclic amines) is 1. The molecule has 0 atom stereocenters. The minimum Gasteiger partial charge on any atom is -0.342 e. The average Bonchev–Trinajstić information content (AvgIpc) is 2.61. The van der Waals surface area contributed by atoms with Crippen molar-refractivity contribution in [3.8, 4) is 0 Å². The molecule has 0 unspecified atom stereocenters. The number of anilines is 1. The van der Waals surface area contributed by atoms with Crippen LogP contribution in [0.4, 0.5) is 5.69 Å². The summed E-state index contributed by atoms with van der Waals surface area (Å²) >= 11 is 0. The van der Waals surface area contributed by atoms with Gasteiger partial charge in [0.2, 0.25) is 11.8 Å². The van der Waals surface area contributed by atoms with E-state index in [-0.39, 0.29) is 23.7 Å². The summed E-state index contributed by atoms with van der Waals surface area (Å²) in [5.41, 5.74) is 3.37. The van der Waals surface area contributed by atoms with E-state index in [1.54, 1.807) is 0 Å². The predicted molar refractivity (Wildman–Crippen MR) is 98.0 cm³/mol. The van der Waals surface area contributed by atoms with Gasteiger partial charge in [-0.05, 0) is 36.8 Å². The standard InChI is InChI=1S/C20H30N2O2/c1-5-15-8-7-9-16(6-2)18(15)21-19(23)17-10-12-22(13-11-17)20(24)14(3)4/h7-9,14,17H,5-6,10-13H2,1-4H3,(H,21,23). The molecular weight excluding hydrogens is 300 g/mol. The van der Waals surface area contributed by atoms with Crippen LogP contribution in [-0.2, 0) is 22.4 Å². The van der Waals surface area contributed by atoms with Gasteiger partial charge in [0.1, 0.15) is 0 Å². The summed E-state index contributed by atoms with van der Waals surface area (Å²) in [6.07, 6.45) is 3.32. The van der Waals surface area contributed by atoms with Crippen LogP contribution in [0.1, 0.15) is 51.7 Å². The number of carbonyl (C=O) groups excluding carboxylic acids is 2. The Morgan fingerprint density at radius 3 is 2.12 bits per heavy atom. The maximum atomic E-state index is 12.7. The zero-order chi connectivity index (χ0) is 17.7. The zero-order valence-electron chi connectivity index (χ0n) is 15.4. The van der Waals surface area contributed by atoms with Crippen LogP contribution in [-0.4, -0.2) is 29.8 Å². The quantitative estimate of drug-likeness (QED) is 0.896. The van der Waals surface area contributed by atoms with Crippen molar-refractivity contribution in [2.24, 2.45) is 11.8 Å². The van der Waals surface area contributed by atoms with Crippen LogP contribution in [0.3, 0.4) is 0 Å². The molecule has 2 amide bonds. The van der Waals surface area contributed by atoms with Gasteiger partial charge in [-0.2, -0.15) is 0 Å². The molecule has 1 aromatic rings. The molecule has 1 N–H and O–H groups in total. The van der Waals surface area contributed by atoms with E-state index in [4.69, 9.17) is 0 Å². The molecule has 1 saturated heterocycles. The van der Waals surface area contributed by atoms with Gasteiger partial charge in [-0.15, -0.1) is 0 Å². The largest absolute Gasteiger partial charge is 0.342 e. The Labute approximate surface area is 145 Å². The summed E-state index contributed by atoms with van der Waals surface area (Å²) in [5, 5.41) is 3.18.